The molecule has 0 aliphatic rings. The summed E-state index contributed by atoms with van der Waals surface area (Å²) in [7, 11) is 0. The number of benzene rings is 2. The number of unbranched alkanes of at least 4 members (excludes halogenated alkanes) is 2. The van der Waals surface area contributed by atoms with E-state index in [9.17, 15) is 9.59 Å². The van der Waals surface area contributed by atoms with E-state index in [-0.39, 0.29) is 18.9 Å². The lowest BCUT2D eigenvalue weighted by molar-refractivity contribution is -0.137. The molecule has 0 radical (unpaired) electrons. The molecule has 1 amide bonds. The third-order valence-corrected chi connectivity index (χ3v) is 5.27. The molecule has 0 aromatic heterocycles. The van der Waals surface area contributed by atoms with E-state index < -0.39 is 5.97 Å². The molecule has 2 rings (SSSR count). The molecule has 0 bridgehead atoms. The van der Waals surface area contributed by atoms with Gasteiger partial charge in [-0.2, -0.15) is 0 Å². The van der Waals surface area contributed by atoms with Gasteiger partial charge >= 0.3 is 5.97 Å². The third-order valence-electron chi connectivity index (χ3n) is 5.27. The molecule has 0 fully saturated rings. The normalized spacial score (nSPS) is 11.6. The molecule has 6 nitrogen and oxygen atoms in total. The molecular formula is C25H34N2O4. The van der Waals surface area contributed by atoms with Crippen molar-refractivity contribution in [2.75, 3.05) is 32.8 Å². The number of aliphatic carboxylic acids is 1. The second-order valence-electron chi connectivity index (χ2n) is 7.42. The molecule has 0 unspecified atom stereocenters. The van der Waals surface area contributed by atoms with Gasteiger partial charge in [0.15, 0.2) is 0 Å². The smallest absolute Gasteiger partial charge is 0.303 e. The molecule has 0 saturated heterocycles. The highest BCUT2D eigenvalue weighted by molar-refractivity contribution is 5.94. The Balaban J connectivity index is 2.01. The molecule has 2 aromatic carbocycles. The summed E-state index contributed by atoms with van der Waals surface area (Å²) in [6, 6.07) is 13.9. The zero-order chi connectivity index (χ0) is 22.5. The molecular weight excluding hydrogens is 392 g/mol. The molecule has 2 aromatic rings. The van der Waals surface area contributed by atoms with Crippen LogP contribution in [0.5, 0.6) is 5.75 Å². The Morgan fingerprint density at radius 1 is 1.06 bits per heavy atom. The number of allylic oxidation sites excluding steroid dienone is 1. The zero-order valence-electron chi connectivity index (χ0n) is 18.6. The standard InChI is InChI=1S/C25H34N2O4/c1-3-27(4-2)18-17-26-25(30)21(12-6-5-7-16-24(28)29)19-31-23-15-10-13-20-11-8-9-14-22(20)23/h8-15H,3-7,16-19H2,1-2H3,(H,26,30)(H,28,29)/b21-12+. The molecule has 0 saturated carbocycles. The van der Waals surface area contributed by atoms with Crippen LogP contribution in [0, 0.1) is 0 Å². The van der Waals surface area contributed by atoms with Gasteiger partial charge in [-0.15, -0.1) is 0 Å². The summed E-state index contributed by atoms with van der Waals surface area (Å²) < 4.78 is 6.03. The molecule has 6 heteroatoms. The lowest BCUT2D eigenvalue weighted by Crippen LogP contribution is -2.36. The average molecular weight is 427 g/mol. The van der Waals surface area contributed by atoms with Crippen LogP contribution < -0.4 is 10.1 Å². The number of carboxylic acid groups (broad SMARTS) is 1. The van der Waals surface area contributed by atoms with Gasteiger partial charge in [-0.3, -0.25) is 9.59 Å². The fourth-order valence-corrected chi connectivity index (χ4v) is 3.37. The SMILES string of the molecule is CCN(CC)CCNC(=O)/C(=C/CCCCC(=O)O)COc1cccc2ccccc12. The summed E-state index contributed by atoms with van der Waals surface area (Å²) in [6.45, 7) is 7.65. The third kappa shape index (κ3) is 8.42. The lowest BCUT2D eigenvalue weighted by atomic mass is 10.1. The minimum Gasteiger partial charge on any atom is -0.488 e. The first-order valence-corrected chi connectivity index (χ1v) is 11.1. The molecule has 0 aliphatic carbocycles. The van der Waals surface area contributed by atoms with E-state index in [1.807, 2.05) is 48.5 Å². The van der Waals surface area contributed by atoms with Gasteiger partial charge in [-0.1, -0.05) is 56.3 Å². The summed E-state index contributed by atoms with van der Waals surface area (Å²) in [5.41, 5.74) is 0.572. The van der Waals surface area contributed by atoms with Gasteiger partial charge in [0.25, 0.3) is 0 Å². The van der Waals surface area contributed by atoms with Crippen molar-refractivity contribution in [3.05, 3.63) is 54.1 Å². The average Bonchev–Trinajstić information content (AvgIpc) is 2.78. The molecule has 0 atom stereocenters. The lowest BCUT2D eigenvalue weighted by Gasteiger charge is -2.18. The Morgan fingerprint density at radius 2 is 1.81 bits per heavy atom. The van der Waals surface area contributed by atoms with Crippen LogP contribution in [0.1, 0.15) is 39.5 Å². The van der Waals surface area contributed by atoms with Crippen LogP contribution in [-0.2, 0) is 9.59 Å². The van der Waals surface area contributed by atoms with E-state index in [4.69, 9.17) is 9.84 Å². The Morgan fingerprint density at radius 3 is 2.55 bits per heavy atom. The number of hydrogen-bond acceptors (Lipinski definition) is 4. The summed E-state index contributed by atoms with van der Waals surface area (Å²) in [4.78, 5) is 25.7. The maximum Gasteiger partial charge on any atom is 0.303 e. The van der Waals surface area contributed by atoms with Crippen LogP contribution in [0.15, 0.2) is 54.1 Å². The summed E-state index contributed by atoms with van der Waals surface area (Å²) in [5.74, 6) is -0.186. The van der Waals surface area contributed by atoms with Crippen LogP contribution in [0.4, 0.5) is 0 Å². The molecule has 168 valence electrons. The number of amides is 1. The predicted octanol–water partition coefficient (Wildman–Crippen LogP) is 4.25. The maximum absolute atomic E-state index is 12.8. The van der Waals surface area contributed by atoms with Gasteiger partial charge in [0.2, 0.25) is 5.91 Å². The van der Waals surface area contributed by atoms with Crippen LogP contribution in [0.3, 0.4) is 0 Å². The van der Waals surface area contributed by atoms with Crippen molar-refractivity contribution < 1.29 is 19.4 Å². The first-order valence-electron chi connectivity index (χ1n) is 11.1. The van der Waals surface area contributed by atoms with Gasteiger partial charge in [0.05, 0.1) is 5.57 Å². The van der Waals surface area contributed by atoms with E-state index in [0.717, 1.165) is 42.6 Å². The predicted molar refractivity (Wildman–Crippen MR) is 124 cm³/mol. The molecule has 31 heavy (non-hydrogen) atoms. The van der Waals surface area contributed by atoms with Crippen LogP contribution in [-0.4, -0.2) is 54.7 Å². The second kappa shape index (κ2) is 13.4. The van der Waals surface area contributed by atoms with Crippen molar-refractivity contribution in [3.63, 3.8) is 0 Å². The molecule has 0 heterocycles. The van der Waals surface area contributed by atoms with Crippen molar-refractivity contribution in [1.29, 1.82) is 0 Å². The van der Waals surface area contributed by atoms with Crippen molar-refractivity contribution in [2.45, 2.75) is 39.5 Å². The number of carbonyl (C=O) groups is 2. The number of ether oxygens (including phenoxy) is 1. The van der Waals surface area contributed by atoms with Crippen molar-refractivity contribution in [2.24, 2.45) is 0 Å². The highest BCUT2D eigenvalue weighted by Crippen LogP contribution is 2.25. The summed E-state index contributed by atoms with van der Waals surface area (Å²) in [5, 5.41) is 13.9. The monoisotopic (exact) mass is 426 g/mol. The van der Waals surface area contributed by atoms with Crippen LogP contribution in [0.2, 0.25) is 0 Å². The van der Waals surface area contributed by atoms with Crippen molar-refractivity contribution in [3.8, 4) is 5.75 Å². The van der Waals surface area contributed by atoms with Crippen molar-refractivity contribution >= 4 is 22.6 Å². The highest BCUT2D eigenvalue weighted by Gasteiger charge is 2.12. The number of carboxylic acids is 1. The number of nitrogens with zero attached hydrogens (tertiary/aromatic N) is 1. The van der Waals surface area contributed by atoms with Crippen LogP contribution >= 0.6 is 0 Å². The number of likely N-dealkylation sites (N-methyl/N-ethyl adjacent to an activating group) is 1. The van der Waals surface area contributed by atoms with E-state index >= 15 is 0 Å². The Kier molecular flexibility index (Phi) is 10.6. The Labute approximate surface area is 184 Å². The first kappa shape index (κ1) is 24.4. The second-order valence-corrected chi connectivity index (χ2v) is 7.42. The quantitative estimate of drug-likeness (QED) is 0.349. The number of carbonyl (C=O) groups excluding carboxylic acids is 1. The van der Waals surface area contributed by atoms with Gasteiger partial charge in [-0.25, -0.2) is 0 Å². The first-order chi connectivity index (χ1) is 15.0. The van der Waals surface area contributed by atoms with Gasteiger partial charge in [0, 0.05) is 24.9 Å². The largest absolute Gasteiger partial charge is 0.488 e. The van der Waals surface area contributed by atoms with Crippen LogP contribution in [0.25, 0.3) is 10.8 Å². The Hall–Kier alpha value is -2.86. The van der Waals surface area contributed by atoms with Crippen molar-refractivity contribution in [1.82, 2.24) is 10.2 Å². The summed E-state index contributed by atoms with van der Waals surface area (Å²) in [6.07, 6.45) is 3.97. The van der Waals surface area contributed by atoms with E-state index in [1.54, 1.807) is 0 Å². The fourth-order valence-electron chi connectivity index (χ4n) is 3.37. The minimum absolute atomic E-state index is 0.134. The maximum atomic E-state index is 12.8. The number of hydrogen-bond donors (Lipinski definition) is 2. The van der Waals surface area contributed by atoms with E-state index in [0.29, 0.717) is 25.0 Å². The van der Waals surface area contributed by atoms with E-state index in [1.165, 1.54) is 0 Å². The van der Waals surface area contributed by atoms with E-state index in [2.05, 4.69) is 24.1 Å². The number of rotatable bonds is 14. The van der Waals surface area contributed by atoms with Gasteiger partial charge in [-0.05, 0) is 43.8 Å². The zero-order valence-corrected chi connectivity index (χ0v) is 18.6. The summed E-state index contributed by atoms with van der Waals surface area (Å²) >= 11 is 0. The Bertz CT molecular complexity index is 869. The molecule has 0 spiro atoms. The minimum atomic E-state index is -0.794. The highest BCUT2D eigenvalue weighted by atomic mass is 16.5. The molecule has 0 aliphatic heterocycles. The fraction of sp³-hybridized carbons (Fsp3) is 0.440. The molecule has 2 N–H and O–H groups in total. The number of fused-ring (bicyclic) bond motifs is 1. The van der Waals surface area contributed by atoms with Gasteiger partial charge in [0.1, 0.15) is 12.4 Å². The van der Waals surface area contributed by atoms with Gasteiger partial charge < -0.3 is 20.1 Å². The topological polar surface area (TPSA) is 78.9 Å². The number of nitrogens with one attached hydrogen (secondary N) is 1.